The van der Waals surface area contributed by atoms with Crippen LogP contribution in [0, 0.1) is 17.8 Å². The lowest BCUT2D eigenvalue weighted by Gasteiger charge is -2.58. The van der Waals surface area contributed by atoms with Gasteiger partial charge in [-0.15, -0.1) is 0 Å². The molecule has 2 aromatic heterocycles. The van der Waals surface area contributed by atoms with Crippen LogP contribution in [-0.4, -0.2) is 43.4 Å². The molecule has 0 aromatic carbocycles. The zero-order chi connectivity index (χ0) is 18.9. The molecule has 5 atom stereocenters. The van der Waals surface area contributed by atoms with Crippen LogP contribution in [0.1, 0.15) is 48.2 Å². The van der Waals surface area contributed by atoms with Gasteiger partial charge in [0.25, 0.3) is 5.91 Å². The molecule has 3 heterocycles. The summed E-state index contributed by atoms with van der Waals surface area (Å²) in [5.74, 6) is 1.39. The number of imidazole rings is 1. The summed E-state index contributed by atoms with van der Waals surface area (Å²) in [6.07, 6.45) is 14.0. The normalized spacial score (nSPS) is 34.6. The minimum Gasteiger partial charge on any atom is -0.390 e. The lowest BCUT2D eigenvalue weighted by atomic mass is 9.52. The highest BCUT2D eigenvalue weighted by Crippen LogP contribution is 2.56. The van der Waals surface area contributed by atoms with Crippen molar-refractivity contribution in [3.05, 3.63) is 36.2 Å². The summed E-state index contributed by atoms with van der Waals surface area (Å²) >= 11 is 0. The molecule has 7 nitrogen and oxygen atoms in total. The van der Waals surface area contributed by atoms with Crippen molar-refractivity contribution < 1.29 is 9.90 Å². The topological polar surface area (TPSA) is 92.4 Å². The largest absolute Gasteiger partial charge is 0.390 e. The number of nitrogens with one attached hydrogen (secondary N) is 1. The van der Waals surface area contributed by atoms with Crippen molar-refractivity contribution in [1.29, 1.82) is 0 Å². The molecule has 4 aliphatic carbocycles. The number of nitrogens with zero attached hydrogens (tertiary/aromatic N) is 4. The molecule has 4 fully saturated rings. The van der Waals surface area contributed by atoms with Crippen molar-refractivity contribution in [2.75, 3.05) is 5.32 Å². The van der Waals surface area contributed by atoms with E-state index in [1.54, 1.807) is 18.6 Å². The van der Waals surface area contributed by atoms with Gasteiger partial charge in [0.2, 0.25) is 0 Å². The molecular weight excluding hydrogens is 354 g/mol. The fourth-order valence-electron chi connectivity index (χ4n) is 6.26. The van der Waals surface area contributed by atoms with E-state index in [9.17, 15) is 9.90 Å². The van der Waals surface area contributed by atoms with Crippen molar-refractivity contribution in [3.8, 4) is 0 Å². The molecule has 4 bridgehead atoms. The molecule has 144 valence electrons. The van der Waals surface area contributed by atoms with E-state index >= 15 is 0 Å². The Morgan fingerprint density at radius 1 is 1.25 bits per heavy atom. The molecule has 7 heteroatoms. The van der Waals surface area contributed by atoms with Gasteiger partial charge in [-0.25, -0.2) is 4.98 Å². The third-order valence-electron chi connectivity index (χ3n) is 7.16. The minimum atomic E-state index is -0.470. The third kappa shape index (κ3) is 2.38. The average molecular weight is 377 g/mol. The zero-order valence-corrected chi connectivity index (χ0v) is 15.6. The van der Waals surface area contributed by atoms with Gasteiger partial charge in [0.05, 0.1) is 22.5 Å². The molecule has 2 N–H and O–H groups in total. The van der Waals surface area contributed by atoms with Crippen LogP contribution in [0.3, 0.4) is 0 Å². The summed E-state index contributed by atoms with van der Waals surface area (Å²) in [5.41, 5.74) is 2.55. The Kier molecular flexibility index (Phi) is 3.36. The van der Waals surface area contributed by atoms with E-state index in [0.717, 1.165) is 49.2 Å². The maximum atomic E-state index is 13.1. The number of hydrogen-bond donors (Lipinski definition) is 2. The molecule has 0 radical (unpaired) electrons. The Hall–Kier alpha value is -2.54. The van der Waals surface area contributed by atoms with E-state index in [1.807, 2.05) is 6.21 Å². The van der Waals surface area contributed by atoms with Crippen LogP contribution in [0.4, 0.5) is 11.4 Å². The second kappa shape index (κ2) is 5.73. The zero-order valence-electron chi connectivity index (χ0n) is 15.6. The first-order valence-electron chi connectivity index (χ1n) is 10.2. The van der Waals surface area contributed by atoms with Gasteiger partial charge in [0.1, 0.15) is 12.0 Å². The fraction of sp³-hybridized carbons (Fsp3) is 0.524. The Morgan fingerprint density at radius 2 is 2.07 bits per heavy atom. The van der Waals surface area contributed by atoms with Crippen molar-refractivity contribution in [2.24, 2.45) is 22.7 Å². The summed E-state index contributed by atoms with van der Waals surface area (Å²) in [7, 11) is 0. The molecule has 0 spiro atoms. The number of aromatic nitrogens is 3. The number of fused-ring (bicyclic) bond motifs is 1. The van der Waals surface area contributed by atoms with Crippen LogP contribution in [0.15, 0.2) is 29.9 Å². The van der Waals surface area contributed by atoms with Crippen LogP contribution in [0.5, 0.6) is 0 Å². The molecule has 7 rings (SSSR count). The van der Waals surface area contributed by atoms with Gasteiger partial charge >= 0.3 is 0 Å². The SMILES string of the molecule is O=C(c1cnc2c(c1NC1[C@@H]3CC4C[C@H]1CC(O)(C4)C3)N=CC2)n1ccnc1. The van der Waals surface area contributed by atoms with Crippen LogP contribution < -0.4 is 5.32 Å². The average Bonchev–Trinajstić information content (AvgIpc) is 3.34. The molecule has 2 aromatic rings. The van der Waals surface area contributed by atoms with Crippen LogP contribution in [0.25, 0.3) is 0 Å². The minimum absolute atomic E-state index is 0.153. The molecule has 0 amide bonds. The van der Waals surface area contributed by atoms with Gasteiger partial charge in [0.15, 0.2) is 0 Å². The first kappa shape index (κ1) is 16.4. The molecular formula is C21H23N5O2. The molecule has 3 unspecified atom stereocenters. The van der Waals surface area contributed by atoms with Gasteiger partial charge < -0.3 is 10.4 Å². The first-order chi connectivity index (χ1) is 13.6. The number of aliphatic imine (C=N–C) groups is 1. The second-order valence-corrected chi connectivity index (χ2v) is 9.00. The lowest BCUT2D eigenvalue weighted by molar-refractivity contribution is -0.129. The van der Waals surface area contributed by atoms with Gasteiger partial charge in [-0.05, 0) is 49.9 Å². The smallest absolute Gasteiger partial charge is 0.266 e. The molecule has 1 aliphatic heterocycles. The van der Waals surface area contributed by atoms with Crippen molar-refractivity contribution in [3.63, 3.8) is 0 Å². The lowest BCUT2D eigenvalue weighted by Crippen LogP contribution is -2.59. The molecule has 0 saturated heterocycles. The van der Waals surface area contributed by atoms with Crippen LogP contribution >= 0.6 is 0 Å². The highest BCUT2D eigenvalue weighted by Gasteiger charge is 2.55. The highest BCUT2D eigenvalue weighted by molar-refractivity contribution is 6.04. The van der Waals surface area contributed by atoms with Crippen LogP contribution in [0.2, 0.25) is 0 Å². The maximum absolute atomic E-state index is 13.1. The molecule has 28 heavy (non-hydrogen) atoms. The maximum Gasteiger partial charge on any atom is 0.266 e. The number of hydrogen-bond acceptors (Lipinski definition) is 6. The fourth-order valence-corrected chi connectivity index (χ4v) is 6.26. The second-order valence-electron chi connectivity index (χ2n) is 9.00. The quantitative estimate of drug-likeness (QED) is 0.858. The van der Waals surface area contributed by atoms with Gasteiger partial charge in [-0.2, -0.15) is 0 Å². The molecule has 4 saturated carbocycles. The molecule has 5 aliphatic rings. The van der Waals surface area contributed by atoms with E-state index in [-0.39, 0.29) is 11.9 Å². The van der Waals surface area contributed by atoms with Gasteiger partial charge in [0, 0.05) is 37.3 Å². The van der Waals surface area contributed by atoms with E-state index < -0.39 is 5.60 Å². The number of aliphatic hydroxyl groups is 1. The Morgan fingerprint density at radius 3 is 2.79 bits per heavy atom. The Bertz CT molecular complexity index is 967. The summed E-state index contributed by atoms with van der Waals surface area (Å²) in [6.45, 7) is 0. The standard InChI is InChI=1S/C21H23N5O2/c27-20(26-4-3-22-11-26)15-10-24-16-1-2-23-19(16)18(15)25-17-13-5-12-6-14(17)9-21(28,7-12)8-13/h2-4,10-14,17,28H,1,5-9H2,(H,24,25)/t12?,13-,14+,17?,21?. The van der Waals surface area contributed by atoms with E-state index in [4.69, 9.17) is 0 Å². The Balaban J connectivity index is 1.39. The number of anilines is 1. The Labute approximate surface area is 162 Å². The summed E-state index contributed by atoms with van der Waals surface area (Å²) in [5, 5.41) is 14.6. The summed E-state index contributed by atoms with van der Waals surface area (Å²) in [4.78, 5) is 26.1. The van der Waals surface area contributed by atoms with Crippen molar-refractivity contribution in [2.45, 2.75) is 50.2 Å². The summed E-state index contributed by atoms with van der Waals surface area (Å²) < 4.78 is 1.48. The number of pyridine rings is 1. The predicted octanol–water partition coefficient (Wildman–Crippen LogP) is 2.58. The first-order valence-corrected chi connectivity index (χ1v) is 10.2. The van der Waals surface area contributed by atoms with Crippen molar-refractivity contribution in [1.82, 2.24) is 14.5 Å². The van der Waals surface area contributed by atoms with Crippen molar-refractivity contribution >= 4 is 23.5 Å². The number of carbonyl (C=O) groups excluding carboxylic acids is 1. The van der Waals surface area contributed by atoms with Gasteiger partial charge in [-0.1, -0.05) is 0 Å². The van der Waals surface area contributed by atoms with Crippen LogP contribution in [-0.2, 0) is 6.42 Å². The monoisotopic (exact) mass is 377 g/mol. The number of carbonyl (C=O) groups is 1. The van der Waals surface area contributed by atoms with Gasteiger partial charge in [-0.3, -0.25) is 19.3 Å². The highest BCUT2D eigenvalue weighted by atomic mass is 16.3. The number of rotatable bonds is 3. The summed E-state index contributed by atoms with van der Waals surface area (Å²) in [6, 6.07) is 0.272. The third-order valence-corrected chi connectivity index (χ3v) is 7.16. The predicted molar refractivity (Wildman–Crippen MR) is 104 cm³/mol. The van der Waals surface area contributed by atoms with E-state index in [0.29, 0.717) is 29.7 Å². The van der Waals surface area contributed by atoms with E-state index in [2.05, 4.69) is 20.3 Å². The van der Waals surface area contributed by atoms with E-state index in [1.165, 1.54) is 10.9 Å².